The number of hydrogen-bond acceptors (Lipinski definition) is 3. The first-order chi connectivity index (χ1) is 12.0. The third kappa shape index (κ3) is 3.93. The average Bonchev–Trinajstić information content (AvgIpc) is 2.64. The van der Waals surface area contributed by atoms with E-state index in [9.17, 15) is 5.21 Å². The molecule has 1 saturated heterocycles. The molecular weight excluding hydrogens is 314 g/mol. The molecule has 1 unspecified atom stereocenters. The van der Waals surface area contributed by atoms with Gasteiger partial charge >= 0.3 is 0 Å². The molecule has 4 heteroatoms. The van der Waals surface area contributed by atoms with E-state index in [1.165, 1.54) is 5.06 Å². The molecule has 1 atom stereocenters. The molecule has 0 aromatic heterocycles. The standard InChI is InChI=1S/C21H26NO3/c1-16(2)19(17-10-6-4-7-11-17)22(23)21(3)14-24-20(25-15-21)18-12-8-5-9-13-18/h4-13,16,19-20H,14-15H2,1-3H3. The molecule has 1 radical (unpaired) electrons. The van der Waals surface area contributed by atoms with Gasteiger partial charge in [-0.25, -0.2) is 0 Å². The Bertz CT molecular complexity index is 651. The molecule has 133 valence electrons. The molecule has 0 saturated carbocycles. The first-order valence-corrected chi connectivity index (χ1v) is 8.81. The fraction of sp³-hybridized carbons (Fsp3) is 0.429. The first-order valence-electron chi connectivity index (χ1n) is 8.81. The lowest BCUT2D eigenvalue weighted by molar-refractivity contribution is -0.326. The summed E-state index contributed by atoms with van der Waals surface area (Å²) in [6, 6.07) is 19.5. The van der Waals surface area contributed by atoms with E-state index < -0.39 is 11.8 Å². The highest BCUT2D eigenvalue weighted by Crippen LogP contribution is 2.37. The highest BCUT2D eigenvalue weighted by atomic mass is 16.7. The van der Waals surface area contributed by atoms with Gasteiger partial charge in [0.05, 0.1) is 24.8 Å². The quantitative estimate of drug-likeness (QED) is 0.751. The van der Waals surface area contributed by atoms with Crippen LogP contribution in [0.5, 0.6) is 0 Å². The van der Waals surface area contributed by atoms with Crippen LogP contribution in [0.1, 0.15) is 44.2 Å². The minimum Gasteiger partial charge on any atom is -0.346 e. The molecular formula is C21H26NO3. The Morgan fingerprint density at radius 1 is 0.960 bits per heavy atom. The van der Waals surface area contributed by atoms with Crippen LogP contribution in [0.2, 0.25) is 0 Å². The summed E-state index contributed by atoms with van der Waals surface area (Å²) in [6.45, 7) is 6.74. The number of benzene rings is 2. The Morgan fingerprint density at radius 3 is 2.00 bits per heavy atom. The molecule has 2 aromatic rings. The summed E-state index contributed by atoms with van der Waals surface area (Å²) in [6.07, 6.45) is -0.406. The second-order valence-corrected chi connectivity index (χ2v) is 7.29. The maximum atomic E-state index is 13.3. The van der Waals surface area contributed by atoms with Gasteiger partial charge in [-0.2, -0.15) is 0 Å². The van der Waals surface area contributed by atoms with Crippen molar-refractivity contribution in [1.82, 2.24) is 5.06 Å². The van der Waals surface area contributed by atoms with Crippen molar-refractivity contribution in [2.75, 3.05) is 13.2 Å². The van der Waals surface area contributed by atoms with E-state index in [1.807, 2.05) is 67.6 Å². The summed E-state index contributed by atoms with van der Waals surface area (Å²) in [5, 5.41) is 14.4. The van der Waals surface area contributed by atoms with Gasteiger partial charge in [-0.1, -0.05) is 74.5 Å². The van der Waals surface area contributed by atoms with Gasteiger partial charge in [-0.3, -0.25) is 0 Å². The zero-order valence-corrected chi connectivity index (χ0v) is 15.1. The highest BCUT2D eigenvalue weighted by Gasteiger charge is 2.43. The summed E-state index contributed by atoms with van der Waals surface area (Å²) < 4.78 is 11.8. The molecule has 1 aliphatic rings. The fourth-order valence-corrected chi connectivity index (χ4v) is 3.31. The third-order valence-corrected chi connectivity index (χ3v) is 4.72. The second-order valence-electron chi connectivity index (χ2n) is 7.29. The smallest absolute Gasteiger partial charge is 0.183 e. The van der Waals surface area contributed by atoms with Gasteiger partial charge in [-0.15, -0.1) is 10.3 Å². The SMILES string of the molecule is CC(C)C(c1ccccc1)N([O])C1(C)COC(c2ccccc2)OC1. The minimum atomic E-state index is -0.712. The molecule has 0 aliphatic carbocycles. The van der Waals surface area contributed by atoms with Crippen molar-refractivity contribution in [2.45, 2.75) is 38.6 Å². The fourth-order valence-electron chi connectivity index (χ4n) is 3.31. The van der Waals surface area contributed by atoms with Crippen molar-refractivity contribution < 1.29 is 14.7 Å². The summed E-state index contributed by atoms with van der Waals surface area (Å²) in [4.78, 5) is 0. The zero-order valence-electron chi connectivity index (χ0n) is 15.1. The topological polar surface area (TPSA) is 41.6 Å². The molecule has 4 nitrogen and oxygen atoms in total. The number of nitrogens with zero attached hydrogens (tertiary/aromatic N) is 1. The third-order valence-electron chi connectivity index (χ3n) is 4.72. The number of rotatable bonds is 5. The van der Waals surface area contributed by atoms with Crippen molar-refractivity contribution >= 4 is 0 Å². The van der Waals surface area contributed by atoms with Gasteiger partial charge in [-0.05, 0) is 18.4 Å². The summed E-state index contributed by atoms with van der Waals surface area (Å²) in [5.41, 5.74) is 1.29. The minimum absolute atomic E-state index is 0.184. The van der Waals surface area contributed by atoms with Crippen LogP contribution in [-0.4, -0.2) is 23.8 Å². The van der Waals surface area contributed by atoms with Crippen LogP contribution in [0.25, 0.3) is 0 Å². The first kappa shape index (κ1) is 18.1. The van der Waals surface area contributed by atoms with Crippen LogP contribution in [0, 0.1) is 5.92 Å². The van der Waals surface area contributed by atoms with Crippen LogP contribution in [0.15, 0.2) is 60.7 Å². The maximum Gasteiger partial charge on any atom is 0.183 e. The number of hydrogen-bond donors (Lipinski definition) is 0. The van der Waals surface area contributed by atoms with Gasteiger partial charge in [0.15, 0.2) is 6.29 Å². The van der Waals surface area contributed by atoms with Crippen molar-refractivity contribution in [3.63, 3.8) is 0 Å². The van der Waals surface area contributed by atoms with Gasteiger partial charge in [0.2, 0.25) is 0 Å². The Kier molecular flexibility index (Phi) is 5.54. The molecule has 1 fully saturated rings. The van der Waals surface area contributed by atoms with E-state index in [2.05, 4.69) is 13.8 Å². The zero-order chi connectivity index (χ0) is 17.9. The molecule has 0 bridgehead atoms. The number of hydroxylamine groups is 2. The Hall–Kier alpha value is -1.72. The Labute approximate surface area is 150 Å². The van der Waals surface area contributed by atoms with Crippen LogP contribution in [0.4, 0.5) is 0 Å². The van der Waals surface area contributed by atoms with E-state index >= 15 is 0 Å². The van der Waals surface area contributed by atoms with Crippen LogP contribution in [0.3, 0.4) is 0 Å². The largest absolute Gasteiger partial charge is 0.346 e. The Morgan fingerprint density at radius 2 is 1.48 bits per heavy atom. The lowest BCUT2D eigenvalue weighted by Gasteiger charge is -2.44. The highest BCUT2D eigenvalue weighted by molar-refractivity contribution is 5.20. The molecule has 2 aromatic carbocycles. The monoisotopic (exact) mass is 340 g/mol. The summed E-state index contributed by atoms with van der Waals surface area (Å²) in [5.74, 6) is 0.184. The van der Waals surface area contributed by atoms with E-state index in [1.54, 1.807) is 0 Å². The van der Waals surface area contributed by atoms with Crippen LogP contribution < -0.4 is 0 Å². The van der Waals surface area contributed by atoms with Gasteiger partial charge in [0.25, 0.3) is 0 Å². The van der Waals surface area contributed by atoms with E-state index in [4.69, 9.17) is 9.47 Å². The van der Waals surface area contributed by atoms with E-state index in [0.717, 1.165) is 11.1 Å². The molecule has 3 rings (SSSR count). The average molecular weight is 340 g/mol. The lowest BCUT2D eigenvalue weighted by Crippen LogP contribution is -2.55. The van der Waals surface area contributed by atoms with Crippen molar-refractivity contribution in [3.8, 4) is 0 Å². The second kappa shape index (κ2) is 7.67. The predicted octanol–water partition coefficient (Wildman–Crippen LogP) is 4.54. The lowest BCUT2D eigenvalue weighted by atomic mass is 9.91. The molecule has 0 N–H and O–H groups in total. The van der Waals surface area contributed by atoms with Gasteiger partial charge < -0.3 is 9.47 Å². The van der Waals surface area contributed by atoms with Gasteiger partial charge in [0.1, 0.15) is 0 Å². The van der Waals surface area contributed by atoms with E-state index in [0.29, 0.717) is 13.2 Å². The molecule has 0 spiro atoms. The summed E-state index contributed by atoms with van der Waals surface area (Å²) >= 11 is 0. The molecule has 1 heterocycles. The number of ether oxygens (including phenoxy) is 2. The van der Waals surface area contributed by atoms with E-state index in [-0.39, 0.29) is 12.0 Å². The van der Waals surface area contributed by atoms with Crippen molar-refractivity contribution in [3.05, 3.63) is 71.8 Å². The van der Waals surface area contributed by atoms with Crippen molar-refractivity contribution in [2.24, 2.45) is 5.92 Å². The molecule has 25 heavy (non-hydrogen) atoms. The Balaban J connectivity index is 1.74. The molecule has 1 aliphatic heterocycles. The maximum absolute atomic E-state index is 13.3. The summed E-state index contributed by atoms with van der Waals surface area (Å²) in [7, 11) is 0. The normalized spacial score (nSPS) is 25.3. The van der Waals surface area contributed by atoms with Crippen LogP contribution in [-0.2, 0) is 14.7 Å². The molecule has 0 amide bonds. The van der Waals surface area contributed by atoms with Crippen molar-refractivity contribution in [1.29, 1.82) is 0 Å². The van der Waals surface area contributed by atoms with Gasteiger partial charge in [0, 0.05) is 5.56 Å². The predicted molar refractivity (Wildman–Crippen MR) is 96.0 cm³/mol. The van der Waals surface area contributed by atoms with Crippen LogP contribution >= 0.6 is 0 Å².